The highest BCUT2D eigenvalue weighted by atomic mass is 32.1. The van der Waals surface area contributed by atoms with Crippen LogP contribution >= 0.6 is 12.2 Å². The SMILES string of the molecule is S=c1[nH]nc(-c2cc(-c3ccccc3)n[nH]2)n1N=C/C=C/c1ccccc1. The van der Waals surface area contributed by atoms with Gasteiger partial charge in [0, 0.05) is 11.8 Å². The Balaban J connectivity index is 1.59. The highest BCUT2D eigenvalue weighted by molar-refractivity contribution is 7.71. The van der Waals surface area contributed by atoms with E-state index in [0.717, 1.165) is 22.5 Å². The van der Waals surface area contributed by atoms with Crippen molar-refractivity contribution in [2.24, 2.45) is 5.10 Å². The molecule has 0 saturated heterocycles. The minimum atomic E-state index is 0.408. The highest BCUT2D eigenvalue weighted by Gasteiger charge is 2.12. The zero-order valence-corrected chi connectivity index (χ0v) is 15.1. The third-order valence-corrected chi connectivity index (χ3v) is 4.16. The molecule has 7 heteroatoms. The van der Waals surface area contributed by atoms with E-state index >= 15 is 0 Å². The molecule has 4 aromatic rings. The van der Waals surface area contributed by atoms with E-state index in [1.165, 1.54) is 0 Å². The maximum atomic E-state index is 5.29. The van der Waals surface area contributed by atoms with Crippen molar-refractivity contribution in [3.8, 4) is 22.8 Å². The van der Waals surface area contributed by atoms with Gasteiger partial charge in [-0.2, -0.15) is 20.0 Å². The van der Waals surface area contributed by atoms with Crippen LogP contribution < -0.4 is 0 Å². The van der Waals surface area contributed by atoms with E-state index in [-0.39, 0.29) is 0 Å². The molecule has 2 aromatic heterocycles. The van der Waals surface area contributed by atoms with Crippen molar-refractivity contribution in [1.82, 2.24) is 25.1 Å². The van der Waals surface area contributed by atoms with Gasteiger partial charge in [-0.1, -0.05) is 66.7 Å². The molecule has 0 fully saturated rings. The molecule has 0 unspecified atom stereocenters. The predicted molar refractivity (Wildman–Crippen MR) is 110 cm³/mol. The summed E-state index contributed by atoms with van der Waals surface area (Å²) in [6.45, 7) is 0. The molecule has 4 rings (SSSR count). The lowest BCUT2D eigenvalue weighted by Crippen LogP contribution is -1.93. The summed E-state index contributed by atoms with van der Waals surface area (Å²) in [5.74, 6) is 0.569. The Bertz CT molecular complexity index is 1140. The minimum Gasteiger partial charge on any atom is -0.274 e. The molecule has 0 aliphatic heterocycles. The van der Waals surface area contributed by atoms with E-state index in [0.29, 0.717) is 10.6 Å². The van der Waals surface area contributed by atoms with Gasteiger partial charge in [-0.15, -0.1) is 0 Å². The van der Waals surface area contributed by atoms with Crippen molar-refractivity contribution < 1.29 is 0 Å². The molecule has 2 aromatic carbocycles. The fourth-order valence-corrected chi connectivity index (χ4v) is 2.77. The van der Waals surface area contributed by atoms with Crippen molar-refractivity contribution in [3.63, 3.8) is 0 Å². The molecule has 0 amide bonds. The van der Waals surface area contributed by atoms with Gasteiger partial charge < -0.3 is 0 Å². The summed E-state index contributed by atoms with van der Waals surface area (Å²) in [4.78, 5) is 0. The fourth-order valence-electron chi connectivity index (χ4n) is 2.59. The molecule has 0 aliphatic rings. The van der Waals surface area contributed by atoms with Crippen molar-refractivity contribution in [2.45, 2.75) is 0 Å². The van der Waals surface area contributed by atoms with Crippen LogP contribution in [-0.2, 0) is 0 Å². The summed E-state index contributed by atoms with van der Waals surface area (Å²) in [6, 6.07) is 21.9. The van der Waals surface area contributed by atoms with Crippen LogP contribution in [0.2, 0.25) is 0 Å². The molecular formula is C20H16N6S. The number of H-pyrrole nitrogens is 2. The van der Waals surface area contributed by atoms with E-state index in [1.807, 2.05) is 78.9 Å². The third-order valence-electron chi connectivity index (χ3n) is 3.90. The van der Waals surface area contributed by atoms with E-state index < -0.39 is 0 Å². The van der Waals surface area contributed by atoms with Crippen LogP contribution in [0.5, 0.6) is 0 Å². The van der Waals surface area contributed by atoms with Crippen molar-refractivity contribution in [3.05, 3.63) is 83.1 Å². The first-order valence-corrected chi connectivity index (χ1v) is 8.77. The standard InChI is InChI=1S/C20H16N6S/c27-20-25-24-19(18-14-17(22-23-18)16-11-5-2-6-12-16)26(20)21-13-7-10-15-8-3-1-4-9-15/h1-14H,(H,22,23)(H,25,27)/b10-7+,21-13?. The van der Waals surface area contributed by atoms with Gasteiger partial charge in [0.25, 0.3) is 0 Å². The predicted octanol–water partition coefficient (Wildman–Crippen LogP) is 4.55. The first kappa shape index (κ1) is 16.9. The van der Waals surface area contributed by atoms with Crippen LogP contribution in [0.1, 0.15) is 5.56 Å². The van der Waals surface area contributed by atoms with Crippen LogP contribution in [0.4, 0.5) is 0 Å². The number of nitrogens with one attached hydrogen (secondary N) is 2. The Morgan fingerprint density at radius 3 is 2.44 bits per heavy atom. The molecule has 0 bridgehead atoms. The Labute approximate surface area is 160 Å². The molecule has 2 heterocycles. The number of hydrogen-bond donors (Lipinski definition) is 2. The summed E-state index contributed by atoms with van der Waals surface area (Å²) in [7, 11) is 0. The summed E-state index contributed by atoms with van der Waals surface area (Å²) >= 11 is 5.29. The topological polar surface area (TPSA) is 74.7 Å². The Hall–Kier alpha value is -3.58. The van der Waals surface area contributed by atoms with Crippen LogP contribution in [0.25, 0.3) is 28.9 Å². The van der Waals surface area contributed by atoms with Gasteiger partial charge in [0.15, 0.2) is 0 Å². The van der Waals surface area contributed by atoms with E-state index in [1.54, 1.807) is 10.9 Å². The molecule has 132 valence electrons. The number of hydrogen-bond acceptors (Lipinski definition) is 4. The number of benzene rings is 2. The summed E-state index contributed by atoms with van der Waals surface area (Å²) in [6.07, 6.45) is 5.50. The largest absolute Gasteiger partial charge is 0.274 e. The smallest absolute Gasteiger partial charge is 0.216 e. The van der Waals surface area contributed by atoms with E-state index in [4.69, 9.17) is 12.2 Å². The quantitative estimate of drug-likeness (QED) is 0.399. The fraction of sp³-hybridized carbons (Fsp3) is 0. The molecule has 0 spiro atoms. The second-order valence-electron chi connectivity index (χ2n) is 5.73. The monoisotopic (exact) mass is 372 g/mol. The highest BCUT2D eigenvalue weighted by Crippen LogP contribution is 2.22. The van der Waals surface area contributed by atoms with Gasteiger partial charge in [0.2, 0.25) is 10.6 Å². The Kier molecular flexibility index (Phi) is 4.84. The van der Waals surface area contributed by atoms with Gasteiger partial charge in [-0.05, 0) is 29.9 Å². The second-order valence-corrected chi connectivity index (χ2v) is 6.12. The number of aromatic amines is 2. The minimum absolute atomic E-state index is 0.408. The van der Waals surface area contributed by atoms with Gasteiger partial charge in [0.1, 0.15) is 5.69 Å². The van der Waals surface area contributed by atoms with Crippen LogP contribution in [0, 0.1) is 4.77 Å². The average molecular weight is 372 g/mol. The molecule has 0 saturated carbocycles. The van der Waals surface area contributed by atoms with Crippen molar-refractivity contribution in [2.75, 3.05) is 0 Å². The van der Waals surface area contributed by atoms with Gasteiger partial charge >= 0.3 is 0 Å². The van der Waals surface area contributed by atoms with Gasteiger partial charge in [0.05, 0.1) is 5.69 Å². The number of rotatable bonds is 5. The normalized spacial score (nSPS) is 11.6. The maximum absolute atomic E-state index is 5.29. The molecule has 2 N–H and O–H groups in total. The first-order chi connectivity index (χ1) is 13.3. The third kappa shape index (κ3) is 3.83. The Morgan fingerprint density at radius 2 is 1.67 bits per heavy atom. The lowest BCUT2D eigenvalue weighted by atomic mass is 10.1. The summed E-state index contributed by atoms with van der Waals surface area (Å²) in [5.41, 5.74) is 3.68. The first-order valence-electron chi connectivity index (χ1n) is 8.36. The molecule has 0 aliphatic carbocycles. The molecule has 6 nitrogen and oxygen atoms in total. The zero-order valence-electron chi connectivity index (χ0n) is 14.3. The molecule has 0 atom stereocenters. The van der Waals surface area contributed by atoms with Crippen LogP contribution in [0.15, 0.2) is 77.9 Å². The maximum Gasteiger partial charge on any atom is 0.216 e. The average Bonchev–Trinajstić information content (AvgIpc) is 3.34. The molecule has 0 radical (unpaired) electrons. The number of aromatic nitrogens is 5. The summed E-state index contributed by atoms with van der Waals surface area (Å²) < 4.78 is 1.97. The number of allylic oxidation sites excluding steroid dienone is 1. The van der Waals surface area contributed by atoms with Crippen molar-refractivity contribution >= 4 is 24.5 Å². The van der Waals surface area contributed by atoms with Gasteiger partial charge in [-0.3, -0.25) is 5.10 Å². The molecule has 27 heavy (non-hydrogen) atoms. The van der Waals surface area contributed by atoms with Crippen molar-refractivity contribution in [1.29, 1.82) is 0 Å². The Morgan fingerprint density at radius 1 is 0.926 bits per heavy atom. The second kappa shape index (κ2) is 7.76. The molecular weight excluding hydrogens is 356 g/mol. The van der Waals surface area contributed by atoms with E-state index in [2.05, 4.69) is 25.5 Å². The number of nitrogens with zero attached hydrogens (tertiary/aromatic N) is 4. The lowest BCUT2D eigenvalue weighted by molar-refractivity contribution is 0.866. The van der Waals surface area contributed by atoms with E-state index in [9.17, 15) is 0 Å². The van der Waals surface area contributed by atoms with Crippen LogP contribution in [-0.4, -0.2) is 31.3 Å². The zero-order chi connectivity index (χ0) is 18.5. The lowest BCUT2D eigenvalue weighted by Gasteiger charge is -1.96. The summed E-state index contributed by atoms with van der Waals surface area (Å²) in [5, 5.41) is 18.8. The van der Waals surface area contributed by atoms with Gasteiger partial charge in [-0.25, -0.2) is 5.10 Å². The van der Waals surface area contributed by atoms with Crippen LogP contribution in [0.3, 0.4) is 0 Å².